The molecule has 4 nitrogen and oxygen atoms in total. The van der Waals surface area contributed by atoms with Crippen molar-refractivity contribution in [1.29, 1.82) is 0 Å². The smallest absolute Gasteiger partial charge is 0.300 e. The number of nitrogens with zero attached hydrogens (tertiary/aromatic N) is 2. The zero-order valence-corrected chi connectivity index (χ0v) is 10.4. The third kappa shape index (κ3) is 1.62. The predicted octanol–water partition coefficient (Wildman–Crippen LogP) is 2.83. The highest BCUT2D eigenvalue weighted by Crippen LogP contribution is 2.25. The molecule has 18 heavy (non-hydrogen) atoms. The molecule has 0 spiro atoms. The van der Waals surface area contributed by atoms with E-state index in [1.807, 2.05) is 30.3 Å². The number of halogens is 1. The highest BCUT2D eigenvalue weighted by atomic mass is 35.5. The number of H-pyrrole nitrogens is 1. The Morgan fingerprint density at radius 1 is 1.28 bits per heavy atom. The predicted molar refractivity (Wildman–Crippen MR) is 70.2 cm³/mol. The van der Waals surface area contributed by atoms with Crippen molar-refractivity contribution in [3.63, 3.8) is 0 Å². The van der Waals surface area contributed by atoms with Gasteiger partial charge in [-0.1, -0.05) is 30.3 Å². The van der Waals surface area contributed by atoms with Gasteiger partial charge in [0.25, 0.3) is 5.15 Å². The molecule has 1 aromatic carbocycles. The van der Waals surface area contributed by atoms with Gasteiger partial charge in [0.2, 0.25) is 0 Å². The fourth-order valence-corrected chi connectivity index (χ4v) is 2.22. The van der Waals surface area contributed by atoms with E-state index in [0.717, 1.165) is 16.0 Å². The molecule has 0 saturated heterocycles. The van der Waals surface area contributed by atoms with E-state index >= 15 is 0 Å². The van der Waals surface area contributed by atoms with Crippen molar-refractivity contribution in [3.05, 3.63) is 52.6 Å². The van der Waals surface area contributed by atoms with Gasteiger partial charge in [0, 0.05) is 13.0 Å². The second-order valence-corrected chi connectivity index (χ2v) is 4.41. The number of hydrogen-bond donors (Lipinski definition) is 1. The molecule has 0 unspecified atom stereocenters. The monoisotopic (exact) mass is 259 g/mol. The Morgan fingerprint density at radius 2 is 2.00 bits per heavy atom. The number of aromatic nitrogens is 3. The lowest BCUT2D eigenvalue weighted by Crippen LogP contribution is -2.31. The summed E-state index contributed by atoms with van der Waals surface area (Å²) in [7, 11) is 0. The standard InChI is InChI=1S/C13H10ClN3O/c1-8-15-13(14)12-11(17(8)18)7-10(16-12)9-5-3-2-4-6-9/h2-7,16H,1H3. The summed E-state index contributed by atoms with van der Waals surface area (Å²) in [6.45, 7) is 1.63. The molecule has 0 radical (unpaired) electrons. The first-order valence-electron chi connectivity index (χ1n) is 5.50. The molecule has 0 bridgehead atoms. The molecule has 2 heterocycles. The van der Waals surface area contributed by atoms with Crippen LogP contribution in [-0.2, 0) is 0 Å². The van der Waals surface area contributed by atoms with E-state index in [1.165, 1.54) is 0 Å². The van der Waals surface area contributed by atoms with Crippen molar-refractivity contribution in [1.82, 2.24) is 9.97 Å². The third-order valence-electron chi connectivity index (χ3n) is 2.86. The topological polar surface area (TPSA) is 55.6 Å². The lowest BCUT2D eigenvalue weighted by molar-refractivity contribution is -0.587. The Morgan fingerprint density at radius 3 is 2.72 bits per heavy atom. The van der Waals surface area contributed by atoms with Crippen LogP contribution in [0.5, 0.6) is 0 Å². The first-order valence-corrected chi connectivity index (χ1v) is 5.88. The largest absolute Gasteiger partial charge is 0.710 e. The molecule has 0 aliphatic heterocycles. The molecule has 90 valence electrons. The van der Waals surface area contributed by atoms with Gasteiger partial charge in [0.1, 0.15) is 0 Å². The third-order valence-corrected chi connectivity index (χ3v) is 3.13. The number of nitrogens with one attached hydrogen (secondary N) is 1. The molecular weight excluding hydrogens is 250 g/mol. The minimum Gasteiger partial charge on any atom is -0.710 e. The van der Waals surface area contributed by atoms with E-state index in [1.54, 1.807) is 13.0 Å². The molecule has 1 N–H and O–H groups in total. The van der Waals surface area contributed by atoms with E-state index in [2.05, 4.69) is 9.97 Å². The van der Waals surface area contributed by atoms with Crippen LogP contribution in [0.3, 0.4) is 0 Å². The van der Waals surface area contributed by atoms with Crippen LogP contribution in [0, 0.1) is 12.1 Å². The van der Waals surface area contributed by atoms with Gasteiger partial charge in [0.15, 0.2) is 11.0 Å². The van der Waals surface area contributed by atoms with Crippen molar-refractivity contribution in [2.24, 2.45) is 0 Å². The van der Waals surface area contributed by atoms with E-state index in [9.17, 15) is 5.21 Å². The number of rotatable bonds is 1. The first-order chi connectivity index (χ1) is 8.66. The number of aryl methyl sites for hydroxylation is 1. The number of benzene rings is 1. The van der Waals surface area contributed by atoms with Crippen molar-refractivity contribution < 1.29 is 4.73 Å². The van der Waals surface area contributed by atoms with E-state index < -0.39 is 0 Å². The van der Waals surface area contributed by atoms with Crippen molar-refractivity contribution in [2.75, 3.05) is 0 Å². The number of hydrogen-bond acceptors (Lipinski definition) is 2. The van der Waals surface area contributed by atoms with Crippen molar-refractivity contribution >= 4 is 22.6 Å². The van der Waals surface area contributed by atoms with Gasteiger partial charge in [-0.15, -0.1) is 0 Å². The van der Waals surface area contributed by atoms with E-state index in [0.29, 0.717) is 22.0 Å². The minimum atomic E-state index is 0.316. The van der Waals surface area contributed by atoms with E-state index in [4.69, 9.17) is 11.6 Å². The Hall–Kier alpha value is -2.07. The summed E-state index contributed by atoms with van der Waals surface area (Å²) >= 11 is 6.04. The molecule has 0 atom stereocenters. The Labute approximate surface area is 108 Å². The second-order valence-electron chi connectivity index (χ2n) is 4.05. The highest BCUT2D eigenvalue weighted by molar-refractivity contribution is 6.33. The van der Waals surface area contributed by atoms with Gasteiger partial charge in [-0.2, -0.15) is 0 Å². The molecular formula is C13H10ClN3O. The molecule has 2 aromatic heterocycles. The summed E-state index contributed by atoms with van der Waals surface area (Å²) in [6.07, 6.45) is 0. The lowest BCUT2D eigenvalue weighted by atomic mass is 10.2. The fraction of sp³-hybridized carbons (Fsp3) is 0.0769. The van der Waals surface area contributed by atoms with Crippen LogP contribution in [-0.4, -0.2) is 9.97 Å². The molecule has 0 aliphatic rings. The normalized spacial score (nSPS) is 11.0. The van der Waals surface area contributed by atoms with Crippen LogP contribution in [0.1, 0.15) is 5.82 Å². The lowest BCUT2D eigenvalue weighted by Gasteiger charge is -2.03. The summed E-state index contributed by atoms with van der Waals surface area (Å²) in [4.78, 5) is 7.13. The van der Waals surface area contributed by atoms with Crippen molar-refractivity contribution in [3.8, 4) is 11.3 Å². The summed E-state index contributed by atoms with van der Waals surface area (Å²) < 4.78 is 0.782. The Bertz CT molecular complexity index is 722. The molecule has 0 amide bonds. The van der Waals surface area contributed by atoms with Gasteiger partial charge >= 0.3 is 5.82 Å². The maximum atomic E-state index is 11.9. The Balaban J connectivity index is 2.29. The van der Waals surface area contributed by atoms with Gasteiger partial charge in [0.05, 0.1) is 5.69 Å². The van der Waals surface area contributed by atoms with Gasteiger partial charge < -0.3 is 10.2 Å². The van der Waals surface area contributed by atoms with Crippen molar-refractivity contribution in [2.45, 2.75) is 6.92 Å². The maximum absolute atomic E-state index is 11.9. The SMILES string of the molecule is Cc1nc(Cl)c2[nH]c(-c3ccccc3)cc2[n+]1[O-]. The van der Waals surface area contributed by atoms with Crippen LogP contribution >= 0.6 is 11.6 Å². The van der Waals surface area contributed by atoms with E-state index in [-0.39, 0.29) is 0 Å². The maximum Gasteiger partial charge on any atom is 0.300 e. The number of fused-ring (bicyclic) bond motifs is 1. The van der Waals surface area contributed by atoms with Gasteiger partial charge in [-0.05, 0) is 22.1 Å². The molecule has 0 saturated carbocycles. The van der Waals surface area contributed by atoms with Crippen LogP contribution in [0.4, 0.5) is 0 Å². The van der Waals surface area contributed by atoms with Crippen LogP contribution < -0.4 is 4.73 Å². The van der Waals surface area contributed by atoms with Gasteiger partial charge in [-0.3, -0.25) is 0 Å². The molecule has 5 heteroatoms. The average Bonchev–Trinajstić information content (AvgIpc) is 2.83. The van der Waals surface area contributed by atoms with Gasteiger partial charge in [-0.25, -0.2) is 4.73 Å². The van der Waals surface area contributed by atoms with Crippen LogP contribution in [0.25, 0.3) is 22.3 Å². The van der Waals surface area contributed by atoms with Crippen LogP contribution in [0.2, 0.25) is 5.15 Å². The molecule has 0 aliphatic carbocycles. The molecule has 3 aromatic rings. The molecule has 0 fully saturated rings. The Kier molecular flexibility index (Phi) is 2.45. The first kappa shape index (κ1) is 11.0. The highest BCUT2D eigenvalue weighted by Gasteiger charge is 2.16. The summed E-state index contributed by atoms with van der Waals surface area (Å²) in [5, 5.41) is 12.2. The fourth-order valence-electron chi connectivity index (χ4n) is 1.95. The average molecular weight is 260 g/mol. The second kappa shape index (κ2) is 3.99. The zero-order valence-electron chi connectivity index (χ0n) is 9.64. The minimum absolute atomic E-state index is 0.316. The quantitative estimate of drug-likeness (QED) is 0.415. The number of aromatic amines is 1. The molecule has 3 rings (SSSR count). The van der Waals surface area contributed by atoms with Crippen LogP contribution in [0.15, 0.2) is 36.4 Å². The summed E-state index contributed by atoms with van der Waals surface area (Å²) in [6, 6.07) is 11.5. The summed E-state index contributed by atoms with van der Waals surface area (Å²) in [5.74, 6) is 0.339. The summed E-state index contributed by atoms with van der Waals surface area (Å²) in [5.41, 5.74) is 2.93. The zero-order chi connectivity index (χ0) is 12.7.